The highest BCUT2D eigenvalue weighted by Crippen LogP contribution is 2.53. The van der Waals surface area contributed by atoms with E-state index in [-0.39, 0.29) is 5.97 Å². The lowest BCUT2D eigenvalue weighted by Crippen LogP contribution is -2.23. The van der Waals surface area contributed by atoms with E-state index >= 15 is 0 Å². The van der Waals surface area contributed by atoms with Crippen LogP contribution in [-0.4, -0.2) is 17.7 Å². The monoisotopic (exact) mass is 505 g/mol. The number of esters is 1. The van der Waals surface area contributed by atoms with Crippen molar-refractivity contribution in [2.24, 2.45) is 11.8 Å². The number of hydrogen-bond donors (Lipinski definition) is 0. The molecule has 194 valence electrons. The molecule has 3 atom stereocenters. The molecule has 0 N–H and O–H groups in total. The first-order valence-electron chi connectivity index (χ1n) is 13.9. The summed E-state index contributed by atoms with van der Waals surface area (Å²) in [5, 5.41) is 4.34. The van der Waals surface area contributed by atoms with E-state index in [9.17, 15) is 4.79 Å². The molecule has 0 saturated heterocycles. The molecule has 2 saturated carbocycles. The van der Waals surface area contributed by atoms with Gasteiger partial charge in [0.1, 0.15) is 0 Å². The molecular weight excluding hydrogens is 470 g/mol. The second-order valence-corrected chi connectivity index (χ2v) is 11.1. The summed E-state index contributed by atoms with van der Waals surface area (Å²) in [4.78, 5) is 12.4. The van der Waals surface area contributed by atoms with Crippen LogP contribution >= 0.6 is 0 Å². The molecule has 38 heavy (non-hydrogen) atoms. The molecule has 4 heteroatoms. The van der Waals surface area contributed by atoms with Crippen molar-refractivity contribution >= 4 is 5.97 Å². The zero-order valence-corrected chi connectivity index (χ0v) is 22.4. The Kier molecular flexibility index (Phi) is 6.43. The van der Waals surface area contributed by atoms with Crippen molar-refractivity contribution in [1.29, 1.82) is 0 Å². The molecule has 3 aromatic carbocycles. The number of nitrogens with zero attached hydrogens (tertiary/aromatic N) is 1. The fourth-order valence-corrected chi connectivity index (χ4v) is 6.06. The van der Waals surface area contributed by atoms with Gasteiger partial charge in [-0.1, -0.05) is 90.9 Å². The van der Waals surface area contributed by atoms with Gasteiger partial charge < -0.3 is 9.26 Å². The first-order valence-corrected chi connectivity index (χ1v) is 13.9. The molecule has 1 unspecified atom stereocenters. The van der Waals surface area contributed by atoms with Gasteiger partial charge in [0.15, 0.2) is 5.76 Å². The molecule has 4 nitrogen and oxygen atoms in total. The fourth-order valence-electron chi connectivity index (χ4n) is 6.06. The molecular formula is C34H35NO3. The Morgan fingerprint density at radius 2 is 1.61 bits per heavy atom. The van der Waals surface area contributed by atoms with E-state index in [1.807, 2.05) is 6.92 Å². The lowest BCUT2D eigenvalue weighted by atomic mass is 9.91. The minimum Gasteiger partial charge on any atom is -0.465 e. The van der Waals surface area contributed by atoms with Gasteiger partial charge in [0, 0.05) is 11.1 Å². The van der Waals surface area contributed by atoms with Crippen LogP contribution in [0, 0.1) is 18.8 Å². The standard InChI is InChI=1S/C34H35NO3/c1-4-37-33(36)34(18-19-34)28-16-14-25(15-17-28)24-10-12-27(13-11-24)32-30(23(3)35-38-32)20-22(2)29-21-31(29)26-8-6-5-7-9-26/h5-17,22,29,31H,4,18-21H2,1-3H3/t22?,29-,31-/m0/s1. The summed E-state index contributed by atoms with van der Waals surface area (Å²) >= 11 is 0. The highest BCUT2D eigenvalue weighted by Gasteiger charge is 2.52. The van der Waals surface area contributed by atoms with E-state index in [1.165, 1.54) is 17.5 Å². The molecule has 2 aliphatic carbocycles. The highest BCUT2D eigenvalue weighted by molar-refractivity contribution is 5.87. The van der Waals surface area contributed by atoms with Gasteiger partial charge in [0.2, 0.25) is 0 Å². The second-order valence-electron chi connectivity index (χ2n) is 11.1. The van der Waals surface area contributed by atoms with E-state index in [2.05, 4.69) is 97.9 Å². The van der Waals surface area contributed by atoms with E-state index in [0.29, 0.717) is 24.4 Å². The van der Waals surface area contributed by atoms with Crippen LogP contribution < -0.4 is 0 Å². The summed E-state index contributed by atoms with van der Waals surface area (Å²) in [6, 6.07) is 27.8. The predicted molar refractivity (Wildman–Crippen MR) is 150 cm³/mol. The topological polar surface area (TPSA) is 52.3 Å². The van der Waals surface area contributed by atoms with Gasteiger partial charge in [0.25, 0.3) is 0 Å². The first kappa shape index (κ1) is 24.7. The SMILES string of the molecule is CCOC(=O)C1(c2ccc(-c3ccc(-c4onc(C)c4CC(C)[C@@H]4C[C@H]4c4ccccc4)cc3)cc2)CC1. The number of carbonyl (C=O) groups excluding carboxylic acids is 1. The van der Waals surface area contributed by atoms with Gasteiger partial charge >= 0.3 is 5.97 Å². The van der Waals surface area contributed by atoms with Gasteiger partial charge in [-0.15, -0.1) is 0 Å². The number of carbonyl (C=O) groups is 1. The van der Waals surface area contributed by atoms with Crippen molar-refractivity contribution in [2.45, 2.75) is 57.8 Å². The third-order valence-electron chi connectivity index (χ3n) is 8.64. The highest BCUT2D eigenvalue weighted by atomic mass is 16.5. The van der Waals surface area contributed by atoms with Crippen molar-refractivity contribution in [3.05, 3.63) is 101 Å². The second kappa shape index (κ2) is 9.90. The summed E-state index contributed by atoms with van der Waals surface area (Å²) in [6.45, 7) is 6.70. The van der Waals surface area contributed by atoms with Gasteiger partial charge in [-0.25, -0.2) is 0 Å². The minimum atomic E-state index is -0.433. The molecule has 2 fully saturated rings. The van der Waals surface area contributed by atoms with Gasteiger partial charge in [-0.2, -0.15) is 0 Å². The zero-order valence-electron chi connectivity index (χ0n) is 22.4. The van der Waals surface area contributed by atoms with Crippen LogP contribution in [0.15, 0.2) is 83.4 Å². The summed E-state index contributed by atoms with van der Waals surface area (Å²) in [5.74, 6) is 2.75. The van der Waals surface area contributed by atoms with E-state index in [1.54, 1.807) is 0 Å². The maximum absolute atomic E-state index is 12.4. The maximum Gasteiger partial charge on any atom is 0.316 e. The summed E-state index contributed by atoms with van der Waals surface area (Å²) in [7, 11) is 0. The van der Waals surface area contributed by atoms with Crippen molar-refractivity contribution in [2.75, 3.05) is 6.61 Å². The molecule has 1 aromatic heterocycles. The van der Waals surface area contributed by atoms with Gasteiger partial charge in [0.05, 0.1) is 17.7 Å². The third-order valence-corrected chi connectivity index (χ3v) is 8.64. The number of benzene rings is 3. The van der Waals surface area contributed by atoms with Crippen molar-refractivity contribution < 1.29 is 14.1 Å². The van der Waals surface area contributed by atoms with Crippen LogP contribution in [0.3, 0.4) is 0 Å². The Bertz CT molecular complexity index is 1420. The van der Waals surface area contributed by atoms with Crippen LogP contribution in [-0.2, 0) is 21.4 Å². The summed E-state index contributed by atoms with van der Waals surface area (Å²) < 4.78 is 11.2. The van der Waals surface area contributed by atoms with E-state index in [0.717, 1.165) is 53.0 Å². The molecule has 0 bridgehead atoms. The van der Waals surface area contributed by atoms with Crippen molar-refractivity contribution in [3.8, 4) is 22.5 Å². The quantitative estimate of drug-likeness (QED) is 0.217. The molecule has 0 amide bonds. The number of ether oxygens (including phenoxy) is 1. The average molecular weight is 506 g/mol. The Balaban J connectivity index is 1.16. The Morgan fingerprint density at radius 1 is 0.974 bits per heavy atom. The largest absolute Gasteiger partial charge is 0.465 e. The fraction of sp³-hybridized carbons (Fsp3) is 0.353. The number of aromatic nitrogens is 1. The number of hydrogen-bond acceptors (Lipinski definition) is 4. The molecule has 0 radical (unpaired) electrons. The Labute approximate surface area is 225 Å². The first-order chi connectivity index (χ1) is 18.5. The van der Waals surface area contributed by atoms with Gasteiger partial charge in [-0.05, 0) is 79.5 Å². The number of rotatable bonds is 9. The number of aryl methyl sites for hydroxylation is 1. The summed E-state index contributed by atoms with van der Waals surface area (Å²) in [6.07, 6.45) is 3.97. The molecule has 1 heterocycles. The summed E-state index contributed by atoms with van der Waals surface area (Å²) in [5.41, 5.74) is 7.61. The minimum absolute atomic E-state index is 0.0955. The van der Waals surface area contributed by atoms with Crippen LogP contribution in [0.4, 0.5) is 0 Å². The van der Waals surface area contributed by atoms with Crippen LogP contribution in [0.2, 0.25) is 0 Å². The molecule has 0 spiro atoms. The Morgan fingerprint density at radius 3 is 2.24 bits per heavy atom. The predicted octanol–water partition coefficient (Wildman–Crippen LogP) is 7.89. The van der Waals surface area contributed by atoms with Crippen molar-refractivity contribution in [1.82, 2.24) is 5.16 Å². The van der Waals surface area contributed by atoms with Crippen LogP contribution in [0.25, 0.3) is 22.5 Å². The van der Waals surface area contributed by atoms with E-state index < -0.39 is 5.41 Å². The Hall–Kier alpha value is -3.66. The lowest BCUT2D eigenvalue weighted by molar-refractivity contribution is -0.146. The third kappa shape index (κ3) is 4.57. The lowest BCUT2D eigenvalue weighted by Gasteiger charge is -2.15. The van der Waals surface area contributed by atoms with Gasteiger partial charge in [-0.3, -0.25) is 4.79 Å². The molecule has 6 rings (SSSR count). The normalized spacial score (nSPS) is 20.1. The maximum atomic E-state index is 12.4. The smallest absolute Gasteiger partial charge is 0.316 e. The van der Waals surface area contributed by atoms with Crippen molar-refractivity contribution in [3.63, 3.8) is 0 Å². The van der Waals surface area contributed by atoms with Crippen LogP contribution in [0.1, 0.15) is 61.4 Å². The molecule has 0 aliphatic heterocycles. The molecule has 4 aromatic rings. The van der Waals surface area contributed by atoms with Crippen LogP contribution in [0.5, 0.6) is 0 Å². The molecule has 2 aliphatic rings. The average Bonchev–Trinajstić information content (AvgIpc) is 3.88. The van der Waals surface area contributed by atoms with E-state index in [4.69, 9.17) is 9.26 Å². The zero-order chi connectivity index (χ0) is 26.3.